The molecule has 0 aliphatic rings. The minimum Gasteiger partial charge on any atom is -0.506 e. The number of β-amino-alcohol motifs (C(OH)–C–C–N with tert-alkyl or cyclic N) is 1. The van der Waals surface area contributed by atoms with Crippen molar-refractivity contribution in [2.45, 2.75) is 44.9 Å². The molecule has 3 rings (SSSR count). The average Bonchev–Trinajstić information content (AvgIpc) is 2.85. The van der Waals surface area contributed by atoms with E-state index in [1.54, 1.807) is 18.2 Å². The van der Waals surface area contributed by atoms with Gasteiger partial charge in [0, 0.05) is 18.6 Å². The highest BCUT2D eigenvalue weighted by Gasteiger charge is 2.21. The summed E-state index contributed by atoms with van der Waals surface area (Å²) in [6.45, 7) is 4.60. The zero-order valence-electron chi connectivity index (χ0n) is 22.0. The van der Waals surface area contributed by atoms with Crippen LogP contribution >= 0.6 is 23.2 Å². The standard InChI is InChI=1S/C28H33Cl2N3O5S/c1-28(2,32-17-26(35)21-9-11-25(34)24(14-21)33-39(3,37)38)15-19-6-4-18(5-7-19)13-27(36)31-16-20-8-10-22(29)23(30)12-20/h4-12,14,26,32-35H,13,15-17H2,1-3H3,(H,31,36)/t26-/m0/s1. The van der Waals surface area contributed by atoms with Gasteiger partial charge in [-0.2, -0.15) is 0 Å². The number of phenols is 1. The number of carbonyl (C=O) groups excluding carboxylic acids is 1. The highest BCUT2D eigenvalue weighted by atomic mass is 35.5. The summed E-state index contributed by atoms with van der Waals surface area (Å²) in [6, 6.07) is 17.3. The fourth-order valence-corrected chi connectivity index (χ4v) is 4.86. The number of hydrogen-bond acceptors (Lipinski definition) is 6. The van der Waals surface area contributed by atoms with Gasteiger partial charge in [-0.1, -0.05) is 59.6 Å². The maximum atomic E-state index is 12.4. The number of anilines is 1. The Morgan fingerprint density at radius 1 is 0.949 bits per heavy atom. The molecule has 0 aliphatic heterocycles. The molecule has 1 amide bonds. The van der Waals surface area contributed by atoms with Gasteiger partial charge in [0.25, 0.3) is 0 Å². The van der Waals surface area contributed by atoms with Crippen molar-refractivity contribution in [3.63, 3.8) is 0 Å². The Balaban J connectivity index is 1.50. The maximum absolute atomic E-state index is 12.4. The van der Waals surface area contributed by atoms with Crippen LogP contribution in [-0.4, -0.2) is 42.9 Å². The van der Waals surface area contributed by atoms with Gasteiger partial charge >= 0.3 is 0 Å². The maximum Gasteiger partial charge on any atom is 0.229 e. The highest BCUT2D eigenvalue weighted by Crippen LogP contribution is 2.28. The largest absolute Gasteiger partial charge is 0.506 e. The zero-order valence-corrected chi connectivity index (χ0v) is 24.3. The predicted molar refractivity (Wildman–Crippen MR) is 156 cm³/mol. The molecule has 0 spiro atoms. The monoisotopic (exact) mass is 593 g/mol. The number of phenolic OH excluding ortho intramolecular Hbond substituents is 1. The van der Waals surface area contributed by atoms with E-state index in [9.17, 15) is 23.4 Å². The second-order valence-corrected chi connectivity index (χ2v) is 12.7. The van der Waals surface area contributed by atoms with Gasteiger partial charge < -0.3 is 20.8 Å². The number of benzene rings is 3. The molecule has 210 valence electrons. The van der Waals surface area contributed by atoms with E-state index in [1.807, 2.05) is 44.2 Å². The lowest BCUT2D eigenvalue weighted by atomic mass is 9.93. The van der Waals surface area contributed by atoms with Crippen molar-refractivity contribution in [1.82, 2.24) is 10.6 Å². The second-order valence-electron chi connectivity index (χ2n) is 10.1. The van der Waals surface area contributed by atoms with Crippen LogP contribution in [0.15, 0.2) is 60.7 Å². The Bertz CT molecular complexity index is 1410. The van der Waals surface area contributed by atoms with E-state index in [-0.39, 0.29) is 35.8 Å². The first kappa shape index (κ1) is 30.7. The summed E-state index contributed by atoms with van der Waals surface area (Å²) in [5.74, 6) is -0.328. The summed E-state index contributed by atoms with van der Waals surface area (Å²) in [6.07, 6.45) is 0.980. The van der Waals surface area contributed by atoms with Crippen LogP contribution in [0.1, 0.15) is 42.2 Å². The Labute approximate surface area is 239 Å². The van der Waals surface area contributed by atoms with E-state index >= 15 is 0 Å². The van der Waals surface area contributed by atoms with Crippen molar-refractivity contribution in [2.75, 3.05) is 17.5 Å². The quantitative estimate of drug-likeness (QED) is 0.196. The lowest BCUT2D eigenvalue weighted by molar-refractivity contribution is -0.120. The number of sulfonamides is 1. The number of rotatable bonds is 12. The molecule has 0 saturated heterocycles. The smallest absolute Gasteiger partial charge is 0.229 e. The molecule has 0 bridgehead atoms. The molecule has 5 N–H and O–H groups in total. The molecule has 0 radical (unpaired) electrons. The number of aromatic hydroxyl groups is 1. The van der Waals surface area contributed by atoms with E-state index in [0.717, 1.165) is 22.9 Å². The van der Waals surface area contributed by atoms with Gasteiger partial charge in [0.05, 0.1) is 34.5 Å². The van der Waals surface area contributed by atoms with Crippen molar-refractivity contribution in [3.05, 3.63) is 93.0 Å². The fourth-order valence-electron chi connectivity index (χ4n) is 3.98. The van der Waals surface area contributed by atoms with Crippen molar-refractivity contribution >= 4 is 44.8 Å². The van der Waals surface area contributed by atoms with Crippen LogP contribution in [0.2, 0.25) is 10.0 Å². The normalized spacial score (nSPS) is 12.7. The molecule has 3 aromatic carbocycles. The third-order valence-corrected chi connectivity index (χ3v) is 7.31. The van der Waals surface area contributed by atoms with Crippen molar-refractivity contribution in [2.24, 2.45) is 0 Å². The van der Waals surface area contributed by atoms with Gasteiger partial charge in [0.15, 0.2) is 0 Å². The molecule has 0 fully saturated rings. The first-order valence-electron chi connectivity index (χ1n) is 12.2. The lowest BCUT2D eigenvalue weighted by Gasteiger charge is -2.28. The van der Waals surface area contributed by atoms with Crippen LogP contribution in [0, 0.1) is 0 Å². The van der Waals surface area contributed by atoms with Gasteiger partial charge in [-0.3, -0.25) is 9.52 Å². The highest BCUT2D eigenvalue weighted by molar-refractivity contribution is 7.92. The number of aliphatic hydroxyl groups excluding tert-OH is 1. The number of halogens is 2. The van der Waals surface area contributed by atoms with Crippen LogP contribution in [0.4, 0.5) is 5.69 Å². The van der Waals surface area contributed by atoms with E-state index < -0.39 is 16.1 Å². The Hall–Kier alpha value is -2.82. The van der Waals surface area contributed by atoms with Crippen molar-refractivity contribution in [1.29, 1.82) is 0 Å². The van der Waals surface area contributed by atoms with Crippen molar-refractivity contribution in [3.8, 4) is 5.75 Å². The van der Waals surface area contributed by atoms with Gasteiger partial charge in [-0.15, -0.1) is 0 Å². The summed E-state index contributed by atoms with van der Waals surface area (Å²) < 4.78 is 25.3. The van der Waals surface area contributed by atoms with Gasteiger partial charge in [-0.05, 0) is 66.8 Å². The summed E-state index contributed by atoms with van der Waals surface area (Å²) in [5.41, 5.74) is 2.92. The predicted octanol–water partition coefficient (Wildman–Crippen LogP) is 4.57. The number of hydrogen-bond donors (Lipinski definition) is 5. The first-order valence-corrected chi connectivity index (χ1v) is 14.9. The topological polar surface area (TPSA) is 128 Å². The van der Waals surface area contributed by atoms with Gasteiger partial charge in [0.2, 0.25) is 15.9 Å². The molecule has 0 heterocycles. The lowest BCUT2D eigenvalue weighted by Crippen LogP contribution is -2.43. The van der Waals surface area contributed by atoms with E-state index in [0.29, 0.717) is 28.6 Å². The number of aliphatic hydroxyl groups is 1. The van der Waals surface area contributed by atoms with Crippen molar-refractivity contribution < 1.29 is 23.4 Å². The third-order valence-electron chi connectivity index (χ3n) is 5.98. The molecule has 0 saturated carbocycles. The Morgan fingerprint density at radius 2 is 1.59 bits per heavy atom. The fraction of sp³-hybridized carbons (Fsp3) is 0.321. The second kappa shape index (κ2) is 13.0. The summed E-state index contributed by atoms with van der Waals surface area (Å²) in [4.78, 5) is 12.4. The third kappa shape index (κ3) is 10.0. The van der Waals surface area contributed by atoms with Gasteiger partial charge in [-0.25, -0.2) is 8.42 Å². The van der Waals surface area contributed by atoms with Crippen LogP contribution in [0.5, 0.6) is 5.75 Å². The van der Waals surface area contributed by atoms with E-state index in [2.05, 4.69) is 15.4 Å². The first-order chi connectivity index (χ1) is 18.2. The molecule has 0 unspecified atom stereocenters. The zero-order chi connectivity index (χ0) is 28.8. The number of nitrogens with one attached hydrogen (secondary N) is 3. The molecule has 3 aromatic rings. The molecular weight excluding hydrogens is 561 g/mol. The number of carbonyl (C=O) groups is 1. The van der Waals surface area contributed by atoms with Gasteiger partial charge in [0.1, 0.15) is 5.75 Å². The number of amides is 1. The molecule has 0 aliphatic carbocycles. The minimum absolute atomic E-state index is 0.0106. The molecule has 8 nitrogen and oxygen atoms in total. The summed E-state index contributed by atoms with van der Waals surface area (Å²) >= 11 is 11.9. The minimum atomic E-state index is -3.58. The van der Waals surface area contributed by atoms with Crippen LogP contribution in [0.3, 0.4) is 0 Å². The molecule has 1 atom stereocenters. The molecule has 0 aromatic heterocycles. The van der Waals surface area contributed by atoms with E-state index in [4.69, 9.17) is 23.2 Å². The molecular formula is C28H33Cl2N3O5S. The molecule has 39 heavy (non-hydrogen) atoms. The Morgan fingerprint density at radius 3 is 2.23 bits per heavy atom. The summed E-state index contributed by atoms with van der Waals surface area (Å²) in [7, 11) is -3.58. The SMILES string of the molecule is CC(C)(Cc1ccc(CC(=O)NCc2ccc(Cl)c(Cl)c2)cc1)NC[C@H](O)c1ccc(O)c(NS(C)(=O)=O)c1. The van der Waals surface area contributed by atoms with Crippen LogP contribution < -0.4 is 15.4 Å². The summed E-state index contributed by atoms with van der Waals surface area (Å²) in [5, 5.41) is 27.7. The van der Waals surface area contributed by atoms with Crippen LogP contribution in [-0.2, 0) is 34.2 Å². The average molecular weight is 595 g/mol. The Kier molecular flexibility index (Phi) is 10.3. The molecule has 11 heteroatoms. The van der Waals surface area contributed by atoms with E-state index in [1.165, 1.54) is 12.1 Å². The van der Waals surface area contributed by atoms with Crippen LogP contribution in [0.25, 0.3) is 0 Å².